The van der Waals surface area contributed by atoms with Crippen LogP contribution in [0.2, 0.25) is 0 Å². The van der Waals surface area contributed by atoms with Gasteiger partial charge in [0, 0.05) is 30.7 Å². The van der Waals surface area contributed by atoms with E-state index in [0.717, 1.165) is 5.69 Å². The maximum absolute atomic E-state index is 10.9. The van der Waals surface area contributed by atoms with Gasteiger partial charge in [0.25, 0.3) is 0 Å². The summed E-state index contributed by atoms with van der Waals surface area (Å²) in [7, 11) is 0. The Hall–Kier alpha value is -1.50. The molecule has 0 radical (unpaired) electrons. The summed E-state index contributed by atoms with van der Waals surface area (Å²) in [6, 6.07) is 1.38. The standard InChI is InChI=1S/C12H19N3O3S/c1-8(2)15-5-4-10(14-15)6-19-7-11(12(17)18)13-9(3)16/h4-5,8,11H,6-7H2,1-3H3,(H,13,16)(H,17,18)/t11-/m0/s1. The minimum Gasteiger partial charge on any atom is -0.480 e. The van der Waals surface area contributed by atoms with Crippen molar-refractivity contribution in [2.75, 3.05) is 5.75 Å². The number of carboxylic acid groups (broad SMARTS) is 1. The van der Waals surface area contributed by atoms with Crippen LogP contribution in [0.3, 0.4) is 0 Å². The SMILES string of the molecule is CC(=O)N[C@@H](CSCc1ccn(C(C)C)n1)C(=O)O. The van der Waals surface area contributed by atoms with Crippen LogP contribution in [0, 0.1) is 0 Å². The molecule has 0 saturated heterocycles. The van der Waals surface area contributed by atoms with Crippen molar-refractivity contribution in [1.82, 2.24) is 15.1 Å². The highest BCUT2D eigenvalue weighted by Gasteiger charge is 2.18. The van der Waals surface area contributed by atoms with Gasteiger partial charge in [-0.3, -0.25) is 9.48 Å². The predicted molar refractivity (Wildman–Crippen MR) is 74.0 cm³/mol. The highest BCUT2D eigenvalue weighted by molar-refractivity contribution is 7.98. The van der Waals surface area contributed by atoms with Crippen molar-refractivity contribution in [3.05, 3.63) is 18.0 Å². The highest BCUT2D eigenvalue weighted by Crippen LogP contribution is 2.13. The molecule has 6 nitrogen and oxygen atoms in total. The van der Waals surface area contributed by atoms with Gasteiger partial charge in [-0.1, -0.05) is 0 Å². The van der Waals surface area contributed by atoms with Crippen LogP contribution in [-0.4, -0.2) is 38.6 Å². The Bertz CT molecular complexity index is 445. The molecule has 7 heteroatoms. The monoisotopic (exact) mass is 285 g/mol. The molecule has 1 rings (SSSR count). The molecule has 0 saturated carbocycles. The summed E-state index contributed by atoms with van der Waals surface area (Å²) in [4.78, 5) is 21.8. The second-order valence-electron chi connectivity index (χ2n) is 4.49. The van der Waals surface area contributed by atoms with E-state index in [4.69, 9.17) is 5.11 Å². The lowest BCUT2D eigenvalue weighted by Gasteiger charge is -2.12. The quantitative estimate of drug-likeness (QED) is 0.788. The van der Waals surface area contributed by atoms with Crippen molar-refractivity contribution >= 4 is 23.6 Å². The molecular weight excluding hydrogens is 266 g/mol. The molecule has 1 amide bonds. The molecule has 0 spiro atoms. The molecule has 0 aliphatic rings. The second-order valence-corrected chi connectivity index (χ2v) is 5.52. The number of hydrogen-bond donors (Lipinski definition) is 2. The van der Waals surface area contributed by atoms with E-state index >= 15 is 0 Å². The third kappa shape index (κ3) is 5.34. The molecule has 1 atom stereocenters. The van der Waals surface area contributed by atoms with Crippen LogP contribution in [0.5, 0.6) is 0 Å². The van der Waals surface area contributed by atoms with E-state index in [1.54, 1.807) is 0 Å². The molecule has 1 aromatic rings. The number of carbonyl (C=O) groups is 2. The Balaban J connectivity index is 2.42. The fraction of sp³-hybridized carbons (Fsp3) is 0.583. The molecule has 0 bridgehead atoms. The molecule has 0 fully saturated rings. The third-order valence-electron chi connectivity index (χ3n) is 2.40. The van der Waals surface area contributed by atoms with Crippen LogP contribution < -0.4 is 5.32 Å². The molecule has 106 valence electrons. The number of carbonyl (C=O) groups excluding carboxylic acids is 1. The van der Waals surface area contributed by atoms with Gasteiger partial charge in [0.05, 0.1) is 5.69 Å². The number of nitrogens with zero attached hydrogens (tertiary/aromatic N) is 2. The van der Waals surface area contributed by atoms with Gasteiger partial charge in [-0.2, -0.15) is 16.9 Å². The van der Waals surface area contributed by atoms with E-state index < -0.39 is 12.0 Å². The van der Waals surface area contributed by atoms with Crippen LogP contribution in [-0.2, 0) is 15.3 Å². The Kier molecular flexibility index (Phi) is 5.88. The van der Waals surface area contributed by atoms with Crippen LogP contribution in [0.1, 0.15) is 32.5 Å². The maximum atomic E-state index is 10.9. The molecular formula is C12H19N3O3S. The normalized spacial score (nSPS) is 12.4. The fourth-order valence-corrected chi connectivity index (χ4v) is 2.39. The topological polar surface area (TPSA) is 84.2 Å². The summed E-state index contributed by atoms with van der Waals surface area (Å²) in [5.74, 6) is -0.403. The zero-order chi connectivity index (χ0) is 14.4. The number of aromatic nitrogens is 2. The summed E-state index contributed by atoms with van der Waals surface area (Å²) < 4.78 is 1.86. The van der Waals surface area contributed by atoms with Gasteiger partial charge in [0.15, 0.2) is 0 Å². The Morgan fingerprint density at radius 1 is 1.53 bits per heavy atom. The number of aliphatic carboxylic acids is 1. The number of thioether (sulfide) groups is 1. The van der Waals surface area contributed by atoms with E-state index in [1.165, 1.54) is 18.7 Å². The third-order valence-corrected chi connectivity index (χ3v) is 3.47. The molecule has 0 aliphatic carbocycles. The van der Waals surface area contributed by atoms with Gasteiger partial charge in [-0.15, -0.1) is 0 Å². The first-order chi connectivity index (χ1) is 8.90. The summed E-state index contributed by atoms with van der Waals surface area (Å²) in [5, 5.41) is 15.7. The summed E-state index contributed by atoms with van der Waals surface area (Å²) in [6.45, 7) is 5.40. The first-order valence-corrected chi connectivity index (χ1v) is 7.17. The Labute approximate surface area is 116 Å². The van der Waals surface area contributed by atoms with Gasteiger partial charge in [-0.25, -0.2) is 4.79 Å². The van der Waals surface area contributed by atoms with Crippen LogP contribution in [0.4, 0.5) is 0 Å². The number of carboxylic acids is 1. The number of nitrogens with one attached hydrogen (secondary N) is 1. The zero-order valence-corrected chi connectivity index (χ0v) is 12.1. The van der Waals surface area contributed by atoms with E-state index in [-0.39, 0.29) is 5.91 Å². The van der Waals surface area contributed by atoms with Crippen molar-refractivity contribution in [2.45, 2.75) is 38.6 Å². The van der Waals surface area contributed by atoms with Crippen molar-refractivity contribution in [3.63, 3.8) is 0 Å². The van der Waals surface area contributed by atoms with E-state index in [1.807, 2.05) is 30.8 Å². The van der Waals surface area contributed by atoms with Gasteiger partial charge >= 0.3 is 5.97 Å². The molecule has 0 aliphatic heterocycles. The van der Waals surface area contributed by atoms with Crippen LogP contribution in [0.15, 0.2) is 12.3 Å². The zero-order valence-electron chi connectivity index (χ0n) is 11.3. The number of hydrogen-bond acceptors (Lipinski definition) is 4. The average Bonchev–Trinajstić information content (AvgIpc) is 2.75. The summed E-state index contributed by atoms with van der Waals surface area (Å²) in [5.41, 5.74) is 0.908. The van der Waals surface area contributed by atoms with Crippen molar-refractivity contribution in [1.29, 1.82) is 0 Å². The summed E-state index contributed by atoms with van der Waals surface area (Å²) in [6.07, 6.45) is 1.91. The van der Waals surface area contributed by atoms with E-state index in [9.17, 15) is 9.59 Å². The molecule has 1 aromatic heterocycles. The molecule has 0 aromatic carbocycles. The molecule has 0 unspecified atom stereocenters. The van der Waals surface area contributed by atoms with Gasteiger partial charge in [0.2, 0.25) is 5.91 Å². The van der Waals surface area contributed by atoms with Crippen LogP contribution >= 0.6 is 11.8 Å². The lowest BCUT2D eigenvalue weighted by Crippen LogP contribution is -2.41. The number of amides is 1. The van der Waals surface area contributed by atoms with Gasteiger partial charge < -0.3 is 10.4 Å². The van der Waals surface area contributed by atoms with Crippen molar-refractivity contribution < 1.29 is 14.7 Å². The molecule has 1 heterocycles. The Morgan fingerprint density at radius 2 is 2.21 bits per heavy atom. The minimum atomic E-state index is -1.02. The smallest absolute Gasteiger partial charge is 0.327 e. The number of rotatable bonds is 7. The van der Waals surface area contributed by atoms with Crippen LogP contribution in [0.25, 0.3) is 0 Å². The van der Waals surface area contributed by atoms with Crippen molar-refractivity contribution in [3.8, 4) is 0 Å². The molecule has 19 heavy (non-hydrogen) atoms. The highest BCUT2D eigenvalue weighted by atomic mass is 32.2. The van der Waals surface area contributed by atoms with E-state index in [2.05, 4.69) is 10.4 Å². The Morgan fingerprint density at radius 3 is 2.68 bits per heavy atom. The first-order valence-electron chi connectivity index (χ1n) is 6.02. The lowest BCUT2D eigenvalue weighted by atomic mass is 10.3. The fourth-order valence-electron chi connectivity index (χ4n) is 1.44. The molecule has 2 N–H and O–H groups in total. The summed E-state index contributed by atoms with van der Waals surface area (Å²) >= 11 is 1.44. The van der Waals surface area contributed by atoms with Crippen molar-refractivity contribution in [2.24, 2.45) is 0 Å². The minimum absolute atomic E-state index is 0.310. The van der Waals surface area contributed by atoms with Gasteiger partial charge in [0.1, 0.15) is 6.04 Å². The maximum Gasteiger partial charge on any atom is 0.327 e. The lowest BCUT2D eigenvalue weighted by molar-refractivity contribution is -0.140. The van der Waals surface area contributed by atoms with Gasteiger partial charge in [-0.05, 0) is 19.9 Å². The van der Waals surface area contributed by atoms with E-state index in [0.29, 0.717) is 17.5 Å². The second kappa shape index (κ2) is 7.18. The first kappa shape index (κ1) is 15.6. The predicted octanol–water partition coefficient (Wildman–Crippen LogP) is 1.29. The average molecular weight is 285 g/mol. The largest absolute Gasteiger partial charge is 0.480 e.